The zero-order valence-corrected chi connectivity index (χ0v) is 14.6. The Morgan fingerprint density at radius 1 is 1.43 bits per heavy atom. The topological polar surface area (TPSA) is 75.3 Å². The van der Waals surface area contributed by atoms with Crippen molar-refractivity contribution in [2.24, 2.45) is 0 Å². The maximum Gasteiger partial charge on any atom is 0.262 e. The highest BCUT2D eigenvalue weighted by Gasteiger charge is 2.38. The zero-order chi connectivity index (χ0) is 15.7. The van der Waals surface area contributed by atoms with Crippen LogP contribution >= 0.6 is 46.1 Å². The highest BCUT2D eigenvalue weighted by atomic mass is 35.6. The van der Waals surface area contributed by atoms with Gasteiger partial charge in [-0.3, -0.25) is 10.1 Å². The van der Waals surface area contributed by atoms with Gasteiger partial charge < -0.3 is 5.32 Å². The molecule has 0 unspecified atom stereocenters. The Bertz CT molecular complexity index is 599. The first kappa shape index (κ1) is 17.3. The Balaban J connectivity index is 2.04. The monoisotopic (exact) mass is 390 g/mol. The molecule has 10 heteroatoms. The van der Waals surface area contributed by atoms with E-state index in [4.69, 9.17) is 34.8 Å². The van der Waals surface area contributed by atoms with Crippen LogP contribution in [0.4, 0.5) is 0 Å². The van der Waals surface area contributed by atoms with Gasteiger partial charge in [-0.1, -0.05) is 40.9 Å². The fraction of sp³-hybridized carbons (Fsp3) is 0.545. The average molecular weight is 392 g/mol. The van der Waals surface area contributed by atoms with Gasteiger partial charge in [0.25, 0.3) is 5.91 Å². The lowest BCUT2D eigenvalue weighted by Crippen LogP contribution is -2.56. The summed E-state index contributed by atoms with van der Waals surface area (Å²) >= 11 is 18.8. The number of hydrogen-bond acceptors (Lipinski definition) is 5. The number of hydrogen-bond donors (Lipinski definition) is 2. The molecule has 0 aliphatic carbocycles. The van der Waals surface area contributed by atoms with Gasteiger partial charge >= 0.3 is 0 Å². The smallest absolute Gasteiger partial charge is 0.262 e. The molecule has 0 bridgehead atoms. The Morgan fingerprint density at radius 3 is 2.62 bits per heavy atom. The van der Waals surface area contributed by atoms with Crippen LogP contribution in [0, 0.1) is 0 Å². The van der Waals surface area contributed by atoms with Crippen LogP contribution in [0.25, 0.3) is 0 Å². The number of thiophene rings is 1. The zero-order valence-electron chi connectivity index (χ0n) is 10.7. The van der Waals surface area contributed by atoms with E-state index in [0.29, 0.717) is 11.3 Å². The Hall–Kier alpha value is -0.0500. The van der Waals surface area contributed by atoms with Crippen molar-refractivity contribution in [3.63, 3.8) is 0 Å². The van der Waals surface area contributed by atoms with Crippen LogP contribution in [0.2, 0.25) is 0 Å². The summed E-state index contributed by atoms with van der Waals surface area (Å²) < 4.78 is 21.1. The highest BCUT2D eigenvalue weighted by molar-refractivity contribution is 7.91. The Labute approximate surface area is 141 Å². The quantitative estimate of drug-likeness (QED) is 0.607. The first-order valence-corrected chi connectivity index (χ1v) is 9.88. The van der Waals surface area contributed by atoms with Crippen molar-refractivity contribution in [1.29, 1.82) is 0 Å². The molecule has 2 rings (SSSR count). The molecule has 2 heterocycles. The van der Waals surface area contributed by atoms with Gasteiger partial charge in [0.05, 0.1) is 16.4 Å². The van der Waals surface area contributed by atoms with Crippen LogP contribution < -0.4 is 10.6 Å². The van der Waals surface area contributed by atoms with Gasteiger partial charge in [0.2, 0.25) is 3.79 Å². The first-order chi connectivity index (χ1) is 9.67. The molecule has 1 amide bonds. The molecule has 118 valence electrons. The van der Waals surface area contributed by atoms with E-state index in [2.05, 4.69) is 10.6 Å². The lowest BCUT2D eigenvalue weighted by Gasteiger charge is -2.28. The van der Waals surface area contributed by atoms with Gasteiger partial charge in [-0.05, 0) is 17.9 Å². The predicted molar refractivity (Wildman–Crippen MR) is 86.1 cm³/mol. The Morgan fingerprint density at radius 2 is 2.14 bits per heavy atom. The van der Waals surface area contributed by atoms with Crippen molar-refractivity contribution in [2.75, 3.05) is 11.5 Å². The third kappa shape index (κ3) is 4.97. The van der Waals surface area contributed by atoms with Crippen molar-refractivity contribution in [1.82, 2.24) is 10.6 Å². The lowest BCUT2D eigenvalue weighted by atomic mass is 10.2. The molecule has 0 spiro atoms. The lowest BCUT2D eigenvalue weighted by molar-refractivity contribution is 0.0931. The minimum atomic E-state index is -3.06. The summed E-state index contributed by atoms with van der Waals surface area (Å²) in [5, 5.41) is 7.25. The van der Waals surface area contributed by atoms with Crippen LogP contribution in [0.15, 0.2) is 17.5 Å². The van der Waals surface area contributed by atoms with E-state index in [1.54, 1.807) is 17.5 Å². The normalized spacial score (nSPS) is 22.9. The van der Waals surface area contributed by atoms with Crippen LogP contribution in [0.5, 0.6) is 0 Å². The second-order valence-corrected chi connectivity index (χ2v) is 10.2. The van der Waals surface area contributed by atoms with Crippen molar-refractivity contribution in [3.8, 4) is 0 Å². The number of alkyl halides is 3. The fourth-order valence-electron chi connectivity index (χ4n) is 1.99. The summed E-state index contributed by atoms with van der Waals surface area (Å²) in [5.74, 6) is -0.315. The molecule has 21 heavy (non-hydrogen) atoms. The van der Waals surface area contributed by atoms with Gasteiger partial charge in [0.1, 0.15) is 6.17 Å². The first-order valence-electron chi connectivity index (χ1n) is 6.05. The van der Waals surface area contributed by atoms with Crippen molar-refractivity contribution in [2.45, 2.75) is 22.4 Å². The van der Waals surface area contributed by atoms with Gasteiger partial charge in [0.15, 0.2) is 9.84 Å². The molecule has 5 nitrogen and oxygen atoms in total. The summed E-state index contributed by atoms with van der Waals surface area (Å²) in [7, 11) is -3.06. The van der Waals surface area contributed by atoms with E-state index in [1.807, 2.05) is 0 Å². The number of sulfone groups is 1. The van der Waals surface area contributed by atoms with Crippen LogP contribution in [0.3, 0.4) is 0 Å². The van der Waals surface area contributed by atoms with Crippen LogP contribution in [0.1, 0.15) is 16.1 Å². The van der Waals surface area contributed by atoms with E-state index in [0.717, 1.165) is 0 Å². The number of carbonyl (C=O) groups is 1. The number of rotatable bonds is 4. The van der Waals surface area contributed by atoms with Crippen molar-refractivity contribution < 1.29 is 13.2 Å². The molecule has 1 saturated heterocycles. The molecule has 1 aliphatic heterocycles. The molecule has 1 aromatic heterocycles. The largest absolute Gasteiger partial charge is 0.332 e. The van der Waals surface area contributed by atoms with Crippen LogP contribution in [-0.4, -0.2) is 41.8 Å². The predicted octanol–water partition coefficient (Wildman–Crippen LogP) is 1.95. The molecule has 0 saturated carbocycles. The SMILES string of the molecule is O=C(N[C@@H](N[C@H]1CCS(=O)(=O)C1)C(Cl)(Cl)Cl)c1cccs1. The minimum Gasteiger partial charge on any atom is -0.332 e. The fourth-order valence-corrected chi connectivity index (χ4v) is 4.66. The van der Waals surface area contributed by atoms with Crippen molar-refractivity contribution >= 4 is 61.9 Å². The third-order valence-corrected chi connectivity index (χ3v) is 6.27. The second-order valence-electron chi connectivity index (χ2n) is 4.69. The second kappa shape index (κ2) is 6.60. The molecule has 2 atom stereocenters. The summed E-state index contributed by atoms with van der Waals surface area (Å²) in [6.07, 6.45) is -0.551. The standard InChI is InChI=1S/C11H13Cl3N2O3S2/c12-11(13,14)10(15-7-3-5-21(18,19)6-7)16-9(17)8-2-1-4-20-8/h1-2,4,7,10,15H,3,5-6H2,(H,16,17)/t7-,10+/m0/s1. The maximum absolute atomic E-state index is 12.0. The van der Waals surface area contributed by atoms with E-state index in [-0.39, 0.29) is 23.5 Å². The number of nitrogens with one attached hydrogen (secondary N) is 2. The average Bonchev–Trinajstić information content (AvgIpc) is 2.96. The van der Waals surface area contributed by atoms with E-state index >= 15 is 0 Å². The van der Waals surface area contributed by atoms with E-state index < -0.39 is 19.8 Å². The van der Waals surface area contributed by atoms with Gasteiger partial charge in [-0.15, -0.1) is 11.3 Å². The number of carbonyl (C=O) groups excluding carboxylic acids is 1. The summed E-state index contributed by atoms with van der Waals surface area (Å²) in [5.41, 5.74) is 0. The molecule has 2 N–H and O–H groups in total. The summed E-state index contributed by atoms with van der Waals surface area (Å²) in [6.45, 7) is 0. The number of amides is 1. The molecule has 1 aromatic rings. The van der Waals surface area contributed by atoms with Crippen LogP contribution in [-0.2, 0) is 9.84 Å². The molecule has 0 aromatic carbocycles. The van der Waals surface area contributed by atoms with E-state index in [9.17, 15) is 13.2 Å². The molecular weight excluding hydrogens is 379 g/mol. The van der Waals surface area contributed by atoms with Gasteiger partial charge in [0, 0.05) is 6.04 Å². The third-order valence-electron chi connectivity index (χ3n) is 2.98. The van der Waals surface area contributed by atoms with Crippen molar-refractivity contribution in [3.05, 3.63) is 22.4 Å². The molecular formula is C11H13Cl3N2O3S2. The molecule has 1 aliphatic rings. The van der Waals surface area contributed by atoms with Gasteiger partial charge in [-0.25, -0.2) is 8.42 Å². The number of halogens is 3. The Kier molecular flexibility index (Phi) is 5.44. The van der Waals surface area contributed by atoms with E-state index in [1.165, 1.54) is 11.3 Å². The minimum absolute atomic E-state index is 0.0287. The molecule has 0 radical (unpaired) electrons. The van der Waals surface area contributed by atoms with Gasteiger partial charge in [-0.2, -0.15) is 0 Å². The highest BCUT2D eigenvalue weighted by Crippen LogP contribution is 2.30. The summed E-state index contributed by atoms with van der Waals surface area (Å²) in [4.78, 5) is 12.5. The maximum atomic E-state index is 12.0. The summed E-state index contributed by atoms with van der Waals surface area (Å²) in [6, 6.07) is 3.04. The molecule has 1 fully saturated rings.